The minimum atomic E-state index is -3.41. The van der Waals surface area contributed by atoms with E-state index < -0.39 is 10.0 Å². The minimum absolute atomic E-state index is 0.150. The molecule has 1 aliphatic heterocycles. The molecule has 5 nitrogen and oxygen atoms in total. The molecule has 0 bridgehead atoms. The number of H-pyrrole nitrogens is 1. The summed E-state index contributed by atoms with van der Waals surface area (Å²) in [6, 6.07) is 7.13. The molecule has 112 valence electrons. The first-order chi connectivity index (χ1) is 9.98. The van der Waals surface area contributed by atoms with Crippen LogP contribution in [0.25, 0.3) is 0 Å². The number of hydrogen-bond acceptors (Lipinski definition) is 3. The Morgan fingerprint density at radius 1 is 1.29 bits per heavy atom. The molecule has 21 heavy (non-hydrogen) atoms. The van der Waals surface area contributed by atoms with Gasteiger partial charge in [0.1, 0.15) is 5.82 Å². The Bertz CT molecular complexity index is 752. The predicted octanol–water partition coefficient (Wildman–Crippen LogP) is 2.20. The van der Waals surface area contributed by atoms with Gasteiger partial charge in [-0.2, -0.15) is 4.31 Å². The van der Waals surface area contributed by atoms with Crippen molar-refractivity contribution in [3.05, 3.63) is 47.5 Å². The number of benzene rings is 1. The van der Waals surface area contributed by atoms with Crippen LogP contribution in [0.2, 0.25) is 0 Å². The van der Waals surface area contributed by atoms with Crippen LogP contribution >= 0.6 is 0 Å². The molecule has 0 spiro atoms. The zero-order valence-electron chi connectivity index (χ0n) is 12.2. The van der Waals surface area contributed by atoms with Crippen LogP contribution in [0.5, 0.6) is 0 Å². The van der Waals surface area contributed by atoms with Gasteiger partial charge in [0.2, 0.25) is 10.0 Å². The van der Waals surface area contributed by atoms with E-state index in [1.165, 1.54) is 0 Å². The van der Waals surface area contributed by atoms with Gasteiger partial charge in [0.05, 0.1) is 4.90 Å². The number of rotatable bonds is 3. The second-order valence-corrected chi connectivity index (χ2v) is 7.47. The van der Waals surface area contributed by atoms with Crippen LogP contribution in [0, 0.1) is 13.8 Å². The van der Waals surface area contributed by atoms with Gasteiger partial charge in [-0.3, -0.25) is 0 Å². The van der Waals surface area contributed by atoms with E-state index in [0.717, 1.165) is 23.5 Å². The molecule has 3 rings (SSSR count). The topological polar surface area (TPSA) is 66.1 Å². The number of nitrogens with one attached hydrogen (secondary N) is 1. The third kappa shape index (κ3) is 2.61. The van der Waals surface area contributed by atoms with Crippen molar-refractivity contribution in [3.63, 3.8) is 0 Å². The maximum absolute atomic E-state index is 12.7. The first-order valence-corrected chi connectivity index (χ1v) is 8.50. The average Bonchev–Trinajstić information content (AvgIpc) is 3.07. The summed E-state index contributed by atoms with van der Waals surface area (Å²) in [5, 5.41) is 0. The maximum Gasteiger partial charge on any atom is 0.243 e. The van der Waals surface area contributed by atoms with E-state index in [9.17, 15) is 8.42 Å². The van der Waals surface area contributed by atoms with Gasteiger partial charge in [-0.05, 0) is 31.9 Å². The highest BCUT2D eigenvalue weighted by Crippen LogP contribution is 2.30. The summed E-state index contributed by atoms with van der Waals surface area (Å²) in [5.41, 5.74) is 1.79. The summed E-state index contributed by atoms with van der Waals surface area (Å²) in [6.07, 6.45) is 2.59. The smallest absolute Gasteiger partial charge is 0.243 e. The molecular formula is C15H19N3O2S. The van der Waals surface area contributed by atoms with E-state index in [2.05, 4.69) is 9.97 Å². The highest BCUT2D eigenvalue weighted by Gasteiger charge is 2.34. The molecule has 0 radical (unpaired) electrons. The normalized spacial score (nSPS) is 20.0. The fourth-order valence-electron chi connectivity index (χ4n) is 2.80. The van der Waals surface area contributed by atoms with E-state index in [4.69, 9.17) is 0 Å². The number of nitrogens with zero attached hydrogens (tertiary/aromatic N) is 2. The Hall–Kier alpha value is -1.66. The molecule has 1 saturated heterocycles. The first-order valence-electron chi connectivity index (χ1n) is 7.06. The zero-order valence-corrected chi connectivity index (χ0v) is 13.0. The van der Waals surface area contributed by atoms with Crippen molar-refractivity contribution in [2.24, 2.45) is 0 Å². The Morgan fingerprint density at radius 3 is 2.71 bits per heavy atom. The third-order valence-corrected chi connectivity index (χ3v) is 6.00. The number of aromatic amines is 1. The number of sulfonamides is 1. The monoisotopic (exact) mass is 305 g/mol. The van der Waals surface area contributed by atoms with E-state index in [1.807, 2.05) is 26.0 Å². The summed E-state index contributed by atoms with van der Waals surface area (Å²) in [6.45, 7) is 4.81. The van der Waals surface area contributed by atoms with Gasteiger partial charge in [0, 0.05) is 30.9 Å². The molecule has 0 amide bonds. The molecule has 1 aliphatic rings. The fraction of sp³-hybridized carbons (Fsp3) is 0.400. The van der Waals surface area contributed by atoms with E-state index >= 15 is 0 Å². The molecule has 1 aromatic heterocycles. The summed E-state index contributed by atoms with van der Waals surface area (Å²) < 4.78 is 27.0. The van der Waals surface area contributed by atoms with Crippen LogP contribution in [0.1, 0.15) is 29.4 Å². The Labute approximate surface area is 125 Å². The molecule has 0 unspecified atom stereocenters. The fourth-order valence-corrected chi connectivity index (χ4v) is 4.52. The molecule has 0 aliphatic carbocycles. The van der Waals surface area contributed by atoms with Crippen molar-refractivity contribution >= 4 is 10.0 Å². The van der Waals surface area contributed by atoms with Gasteiger partial charge in [-0.1, -0.05) is 18.2 Å². The second kappa shape index (κ2) is 5.27. The van der Waals surface area contributed by atoms with Crippen LogP contribution in [0.4, 0.5) is 0 Å². The molecule has 1 aromatic carbocycles. The van der Waals surface area contributed by atoms with Crippen LogP contribution in [0.15, 0.2) is 35.4 Å². The lowest BCUT2D eigenvalue weighted by molar-refractivity contribution is 0.471. The molecule has 1 atom stereocenters. The third-order valence-electron chi connectivity index (χ3n) is 3.97. The molecule has 1 fully saturated rings. The SMILES string of the molecule is Cc1cnc([C@@H]2CCN(S(=O)(=O)c3ccccc3C)C2)[nH]1. The summed E-state index contributed by atoms with van der Waals surface area (Å²) in [7, 11) is -3.41. The minimum Gasteiger partial charge on any atom is -0.346 e. The van der Waals surface area contributed by atoms with Gasteiger partial charge in [-0.15, -0.1) is 0 Å². The van der Waals surface area contributed by atoms with E-state index in [1.54, 1.807) is 22.6 Å². The van der Waals surface area contributed by atoms with Crippen molar-refractivity contribution < 1.29 is 8.42 Å². The predicted molar refractivity (Wildman–Crippen MR) is 80.6 cm³/mol. The van der Waals surface area contributed by atoms with Crippen LogP contribution < -0.4 is 0 Å². The van der Waals surface area contributed by atoms with Gasteiger partial charge in [0.15, 0.2) is 0 Å². The second-order valence-electron chi connectivity index (χ2n) is 5.57. The van der Waals surface area contributed by atoms with Gasteiger partial charge < -0.3 is 4.98 Å². The van der Waals surface area contributed by atoms with Crippen LogP contribution in [0.3, 0.4) is 0 Å². The lowest BCUT2D eigenvalue weighted by Crippen LogP contribution is -2.29. The number of aromatic nitrogens is 2. The van der Waals surface area contributed by atoms with Gasteiger partial charge in [-0.25, -0.2) is 13.4 Å². The maximum atomic E-state index is 12.7. The molecule has 6 heteroatoms. The van der Waals surface area contributed by atoms with Crippen molar-refractivity contribution in [2.75, 3.05) is 13.1 Å². The molecular weight excluding hydrogens is 286 g/mol. The lowest BCUT2D eigenvalue weighted by Gasteiger charge is -2.17. The molecule has 0 saturated carbocycles. The van der Waals surface area contributed by atoms with Gasteiger partial charge >= 0.3 is 0 Å². The van der Waals surface area contributed by atoms with Crippen LogP contribution in [-0.2, 0) is 10.0 Å². The molecule has 2 heterocycles. The molecule has 1 N–H and O–H groups in total. The van der Waals surface area contributed by atoms with Crippen molar-refractivity contribution in [1.82, 2.24) is 14.3 Å². The van der Waals surface area contributed by atoms with Gasteiger partial charge in [0.25, 0.3) is 0 Å². The number of imidazole rings is 1. The number of hydrogen-bond donors (Lipinski definition) is 1. The first kappa shape index (κ1) is 14.3. The zero-order chi connectivity index (χ0) is 15.0. The van der Waals surface area contributed by atoms with E-state index in [0.29, 0.717) is 18.0 Å². The Kier molecular flexibility index (Phi) is 3.59. The summed E-state index contributed by atoms with van der Waals surface area (Å²) in [4.78, 5) is 7.94. The average molecular weight is 305 g/mol. The van der Waals surface area contributed by atoms with Crippen LogP contribution in [-0.4, -0.2) is 35.8 Å². The summed E-state index contributed by atoms with van der Waals surface area (Å²) >= 11 is 0. The highest BCUT2D eigenvalue weighted by molar-refractivity contribution is 7.89. The quantitative estimate of drug-likeness (QED) is 0.945. The summed E-state index contributed by atoms with van der Waals surface area (Å²) in [5.74, 6) is 1.03. The van der Waals surface area contributed by atoms with Crippen molar-refractivity contribution in [1.29, 1.82) is 0 Å². The Balaban J connectivity index is 1.84. The highest BCUT2D eigenvalue weighted by atomic mass is 32.2. The van der Waals surface area contributed by atoms with Crippen molar-refractivity contribution in [3.8, 4) is 0 Å². The van der Waals surface area contributed by atoms with Crippen molar-refractivity contribution in [2.45, 2.75) is 31.1 Å². The molecule has 2 aromatic rings. The largest absolute Gasteiger partial charge is 0.346 e. The Morgan fingerprint density at radius 2 is 2.05 bits per heavy atom. The van der Waals surface area contributed by atoms with E-state index in [-0.39, 0.29) is 5.92 Å². The standard InChI is InChI=1S/C15H19N3O2S/c1-11-5-3-4-6-14(11)21(19,20)18-8-7-13(10-18)15-16-9-12(2)17-15/h3-6,9,13H,7-8,10H2,1-2H3,(H,16,17)/t13-/m1/s1. The lowest BCUT2D eigenvalue weighted by atomic mass is 10.1. The number of aryl methyl sites for hydroxylation is 2.